The minimum atomic E-state index is -3.81. The Morgan fingerprint density at radius 2 is 2.00 bits per heavy atom. The monoisotopic (exact) mass is 273 g/mol. The molecule has 0 bridgehead atoms. The smallest absolute Gasteiger partial charge is 0.240 e. The molecule has 0 aliphatic rings. The molecule has 0 spiro atoms. The van der Waals surface area contributed by atoms with Gasteiger partial charge in [0.15, 0.2) is 0 Å². The number of hydrogen-bond acceptors (Lipinski definition) is 5. The summed E-state index contributed by atoms with van der Waals surface area (Å²) in [5.74, 6) is 0. The number of para-hydroxylation sites is 1. The molecule has 0 aliphatic carbocycles. The van der Waals surface area contributed by atoms with Crippen LogP contribution in [0.2, 0.25) is 0 Å². The number of hydrogen-bond donors (Lipinski definition) is 3. The Hall–Kier alpha value is -1.31. The van der Waals surface area contributed by atoms with E-state index < -0.39 is 10.0 Å². The predicted octanol–water partition coefficient (Wildman–Crippen LogP) is 0.753. The number of benzene rings is 1. The molecular weight excluding hydrogens is 254 g/mol. The maximum atomic E-state index is 11.3. The number of ether oxygens (including phenoxy) is 1. The van der Waals surface area contributed by atoms with Gasteiger partial charge in [-0.05, 0) is 26.0 Å². The summed E-state index contributed by atoms with van der Waals surface area (Å²) < 4.78 is 27.9. The van der Waals surface area contributed by atoms with Gasteiger partial charge in [0.05, 0.1) is 17.0 Å². The number of sulfonamides is 1. The largest absolute Gasteiger partial charge is 0.396 e. The molecule has 6 nitrogen and oxygen atoms in total. The van der Waals surface area contributed by atoms with Gasteiger partial charge < -0.3 is 15.8 Å². The number of methoxy groups -OCH3 is 1. The topological polar surface area (TPSA) is 107 Å². The summed E-state index contributed by atoms with van der Waals surface area (Å²) in [7, 11) is -2.21. The predicted molar refractivity (Wildman–Crippen MR) is 71.8 cm³/mol. The van der Waals surface area contributed by atoms with Gasteiger partial charge in [0, 0.05) is 13.7 Å². The summed E-state index contributed by atoms with van der Waals surface area (Å²) in [6, 6.07) is 4.64. The summed E-state index contributed by atoms with van der Waals surface area (Å²) in [4.78, 5) is -0.0808. The highest BCUT2D eigenvalue weighted by molar-refractivity contribution is 7.89. The van der Waals surface area contributed by atoms with Crippen LogP contribution in [-0.4, -0.2) is 27.7 Å². The van der Waals surface area contributed by atoms with Crippen molar-refractivity contribution in [3.05, 3.63) is 18.2 Å². The van der Waals surface area contributed by atoms with Crippen molar-refractivity contribution in [2.45, 2.75) is 24.3 Å². The Bertz CT molecular complexity index is 526. The molecule has 0 heterocycles. The fourth-order valence-electron chi connectivity index (χ4n) is 1.33. The number of primary sulfonamides is 1. The highest BCUT2D eigenvalue weighted by Crippen LogP contribution is 2.26. The summed E-state index contributed by atoms with van der Waals surface area (Å²) in [6.07, 6.45) is 0. The first-order valence-corrected chi connectivity index (χ1v) is 6.92. The van der Waals surface area contributed by atoms with Crippen molar-refractivity contribution in [3.63, 3.8) is 0 Å². The fraction of sp³-hybridized carbons (Fsp3) is 0.455. The number of nitrogen functional groups attached to an aromatic ring is 1. The van der Waals surface area contributed by atoms with E-state index >= 15 is 0 Å². The highest BCUT2D eigenvalue weighted by atomic mass is 32.2. The molecule has 0 aromatic heterocycles. The second kappa shape index (κ2) is 5.13. The van der Waals surface area contributed by atoms with Crippen LogP contribution in [0.5, 0.6) is 0 Å². The zero-order valence-corrected chi connectivity index (χ0v) is 11.5. The molecule has 0 atom stereocenters. The van der Waals surface area contributed by atoms with Crippen LogP contribution in [0.4, 0.5) is 11.4 Å². The van der Waals surface area contributed by atoms with Crippen LogP contribution in [0.15, 0.2) is 23.1 Å². The van der Waals surface area contributed by atoms with Gasteiger partial charge in [-0.3, -0.25) is 0 Å². The Morgan fingerprint density at radius 1 is 1.39 bits per heavy atom. The first kappa shape index (κ1) is 14.7. The standard InChI is InChI=1S/C11H19N3O3S/c1-11(2,17-3)7-14-8-5-4-6-9(10(8)12)18(13,15)16/h4-6,14H,7,12H2,1-3H3,(H2,13,15,16). The molecule has 7 heteroatoms. The lowest BCUT2D eigenvalue weighted by atomic mass is 10.1. The van der Waals surface area contributed by atoms with E-state index in [-0.39, 0.29) is 16.2 Å². The van der Waals surface area contributed by atoms with Crippen LogP contribution in [0.25, 0.3) is 0 Å². The molecule has 1 aromatic rings. The first-order chi connectivity index (χ1) is 8.17. The fourth-order valence-corrected chi connectivity index (χ4v) is 2.01. The van der Waals surface area contributed by atoms with Crippen LogP contribution in [-0.2, 0) is 14.8 Å². The summed E-state index contributed by atoms with van der Waals surface area (Å²) >= 11 is 0. The van der Waals surface area contributed by atoms with Crippen molar-refractivity contribution >= 4 is 21.4 Å². The number of rotatable bonds is 5. The molecule has 0 saturated heterocycles. The van der Waals surface area contributed by atoms with Crippen molar-refractivity contribution in [2.75, 3.05) is 24.7 Å². The van der Waals surface area contributed by atoms with Crippen molar-refractivity contribution < 1.29 is 13.2 Å². The first-order valence-electron chi connectivity index (χ1n) is 5.38. The van der Waals surface area contributed by atoms with Gasteiger partial charge in [-0.25, -0.2) is 13.6 Å². The maximum absolute atomic E-state index is 11.3. The SMILES string of the molecule is COC(C)(C)CNc1cccc(S(N)(=O)=O)c1N. The van der Waals surface area contributed by atoms with Gasteiger partial charge in [-0.1, -0.05) is 6.07 Å². The van der Waals surface area contributed by atoms with Crippen molar-refractivity contribution in [1.82, 2.24) is 0 Å². The quantitative estimate of drug-likeness (QED) is 0.686. The lowest BCUT2D eigenvalue weighted by Crippen LogP contribution is -2.32. The Kier molecular flexibility index (Phi) is 4.20. The lowest BCUT2D eigenvalue weighted by Gasteiger charge is -2.24. The number of anilines is 2. The Labute approximate surface area is 107 Å². The molecule has 102 valence electrons. The number of nitrogens with one attached hydrogen (secondary N) is 1. The minimum absolute atomic E-state index is 0.0808. The number of nitrogens with two attached hydrogens (primary N) is 2. The van der Waals surface area contributed by atoms with Crippen LogP contribution in [0, 0.1) is 0 Å². The van der Waals surface area contributed by atoms with E-state index in [1.54, 1.807) is 19.2 Å². The van der Waals surface area contributed by atoms with Crippen molar-refractivity contribution in [1.29, 1.82) is 0 Å². The molecule has 1 rings (SSSR count). The molecule has 0 aliphatic heterocycles. The maximum Gasteiger partial charge on any atom is 0.240 e. The van der Waals surface area contributed by atoms with Crippen molar-refractivity contribution in [3.8, 4) is 0 Å². The van der Waals surface area contributed by atoms with Crippen LogP contribution in [0.1, 0.15) is 13.8 Å². The molecule has 0 saturated carbocycles. The average molecular weight is 273 g/mol. The third-order valence-electron chi connectivity index (χ3n) is 2.63. The zero-order chi connectivity index (χ0) is 14.0. The minimum Gasteiger partial charge on any atom is -0.396 e. The molecule has 1 aromatic carbocycles. The second-order valence-electron chi connectivity index (χ2n) is 4.58. The van der Waals surface area contributed by atoms with Gasteiger partial charge in [0.2, 0.25) is 10.0 Å². The van der Waals surface area contributed by atoms with E-state index in [9.17, 15) is 8.42 Å². The van der Waals surface area contributed by atoms with Gasteiger partial charge >= 0.3 is 0 Å². The molecule has 18 heavy (non-hydrogen) atoms. The summed E-state index contributed by atoms with van der Waals surface area (Å²) in [5.41, 5.74) is 6.03. The van der Waals surface area contributed by atoms with E-state index in [4.69, 9.17) is 15.6 Å². The third-order valence-corrected chi connectivity index (χ3v) is 3.60. The van der Waals surface area contributed by atoms with E-state index in [0.29, 0.717) is 12.2 Å². The summed E-state index contributed by atoms with van der Waals surface area (Å²) in [5, 5.41) is 8.12. The lowest BCUT2D eigenvalue weighted by molar-refractivity contribution is 0.0344. The average Bonchev–Trinajstić information content (AvgIpc) is 2.26. The van der Waals surface area contributed by atoms with Crippen LogP contribution < -0.4 is 16.2 Å². The summed E-state index contributed by atoms with van der Waals surface area (Å²) in [6.45, 7) is 4.29. The normalized spacial score (nSPS) is 12.4. The van der Waals surface area contributed by atoms with Gasteiger partial charge in [0.25, 0.3) is 0 Å². The molecule has 0 radical (unpaired) electrons. The highest BCUT2D eigenvalue weighted by Gasteiger charge is 2.18. The molecule has 0 amide bonds. The van der Waals surface area contributed by atoms with Gasteiger partial charge in [-0.15, -0.1) is 0 Å². The van der Waals surface area contributed by atoms with Gasteiger partial charge in [0.1, 0.15) is 4.90 Å². The third kappa shape index (κ3) is 3.59. The zero-order valence-electron chi connectivity index (χ0n) is 10.7. The second-order valence-corrected chi connectivity index (χ2v) is 6.11. The van der Waals surface area contributed by atoms with Crippen LogP contribution >= 0.6 is 0 Å². The van der Waals surface area contributed by atoms with E-state index in [2.05, 4.69) is 5.32 Å². The van der Waals surface area contributed by atoms with Crippen LogP contribution in [0.3, 0.4) is 0 Å². The Balaban J connectivity index is 2.99. The molecule has 0 fully saturated rings. The van der Waals surface area contributed by atoms with E-state index in [1.807, 2.05) is 13.8 Å². The van der Waals surface area contributed by atoms with E-state index in [0.717, 1.165) is 0 Å². The molecule has 0 unspecified atom stereocenters. The Morgan fingerprint density at radius 3 is 2.50 bits per heavy atom. The molecular formula is C11H19N3O3S. The van der Waals surface area contributed by atoms with Gasteiger partial charge in [-0.2, -0.15) is 0 Å². The van der Waals surface area contributed by atoms with Crippen molar-refractivity contribution in [2.24, 2.45) is 5.14 Å². The molecule has 5 N–H and O–H groups in total. The van der Waals surface area contributed by atoms with E-state index in [1.165, 1.54) is 6.07 Å².